The van der Waals surface area contributed by atoms with Crippen molar-refractivity contribution in [3.8, 4) is 0 Å². The Morgan fingerprint density at radius 1 is 0.824 bits per heavy atom. The Bertz CT molecular complexity index is 1220. The SMILES string of the molecule is O=C(Nc1ccc(Cl)nc1Cl)c1cn(CCc2ccc(F)cc2)c(CCc2ccc(F)cc2)n1. The molecule has 4 rings (SSSR count). The fourth-order valence-electron chi connectivity index (χ4n) is 3.46. The fourth-order valence-corrected chi connectivity index (χ4v) is 3.85. The van der Waals surface area contributed by atoms with E-state index in [1.165, 1.54) is 30.3 Å². The molecule has 2 aromatic heterocycles. The highest BCUT2D eigenvalue weighted by molar-refractivity contribution is 6.34. The molecular formula is C25H20Cl2F2N4O. The third-order valence-electron chi connectivity index (χ3n) is 5.26. The van der Waals surface area contributed by atoms with Gasteiger partial charge in [0.25, 0.3) is 5.91 Å². The number of nitrogens with one attached hydrogen (secondary N) is 1. The Labute approximate surface area is 205 Å². The first-order valence-corrected chi connectivity index (χ1v) is 11.3. The van der Waals surface area contributed by atoms with Crippen molar-refractivity contribution < 1.29 is 13.6 Å². The molecule has 2 heterocycles. The Balaban J connectivity index is 1.53. The quantitative estimate of drug-likeness (QED) is 0.295. The first kappa shape index (κ1) is 23.9. The number of halogens is 4. The molecular weight excluding hydrogens is 481 g/mol. The number of nitrogens with zero attached hydrogens (tertiary/aromatic N) is 3. The van der Waals surface area contributed by atoms with Crippen molar-refractivity contribution in [2.45, 2.75) is 25.8 Å². The summed E-state index contributed by atoms with van der Waals surface area (Å²) in [4.78, 5) is 21.3. The Morgan fingerprint density at radius 2 is 1.44 bits per heavy atom. The van der Waals surface area contributed by atoms with E-state index in [9.17, 15) is 13.6 Å². The molecule has 0 fully saturated rings. The predicted octanol–water partition coefficient (Wildman–Crippen LogP) is 6.14. The second-order valence-electron chi connectivity index (χ2n) is 7.67. The van der Waals surface area contributed by atoms with Crippen LogP contribution in [0.2, 0.25) is 10.3 Å². The molecule has 1 N–H and O–H groups in total. The van der Waals surface area contributed by atoms with E-state index in [0.717, 1.165) is 11.1 Å². The maximum atomic E-state index is 13.2. The van der Waals surface area contributed by atoms with E-state index in [1.54, 1.807) is 36.5 Å². The molecule has 5 nitrogen and oxygen atoms in total. The molecule has 0 atom stereocenters. The standard InChI is InChI=1S/C25H20Cl2F2N4O/c26-22-11-10-20(24(27)32-22)31-25(34)21-15-33(14-13-17-3-8-19(29)9-4-17)23(30-21)12-5-16-1-6-18(28)7-2-16/h1-4,6-11,15H,5,12-14H2,(H,31,34). The molecule has 0 unspecified atom stereocenters. The zero-order valence-corrected chi connectivity index (χ0v) is 19.5. The minimum atomic E-state index is -0.436. The summed E-state index contributed by atoms with van der Waals surface area (Å²) in [6.45, 7) is 0.550. The van der Waals surface area contributed by atoms with E-state index in [2.05, 4.69) is 15.3 Å². The molecule has 174 valence electrons. The Kier molecular flexibility index (Phi) is 7.55. The molecule has 0 spiro atoms. The molecule has 0 bridgehead atoms. The molecule has 0 saturated carbocycles. The number of imidazole rings is 1. The predicted molar refractivity (Wildman–Crippen MR) is 128 cm³/mol. The molecule has 1 amide bonds. The van der Waals surface area contributed by atoms with E-state index in [4.69, 9.17) is 23.2 Å². The lowest BCUT2D eigenvalue weighted by Crippen LogP contribution is -2.13. The number of carbonyl (C=O) groups excluding carboxylic acids is 1. The highest BCUT2D eigenvalue weighted by Crippen LogP contribution is 2.22. The number of aryl methyl sites for hydroxylation is 4. The van der Waals surface area contributed by atoms with Crippen molar-refractivity contribution in [1.82, 2.24) is 14.5 Å². The monoisotopic (exact) mass is 500 g/mol. The van der Waals surface area contributed by atoms with Gasteiger partial charge in [0, 0.05) is 19.2 Å². The first-order chi connectivity index (χ1) is 16.4. The summed E-state index contributed by atoms with van der Waals surface area (Å²) in [6, 6.07) is 15.7. The van der Waals surface area contributed by atoms with Gasteiger partial charge in [0.2, 0.25) is 0 Å². The normalized spacial score (nSPS) is 10.9. The van der Waals surface area contributed by atoms with Crippen LogP contribution in [0.25, 0.3) is 0 Å². The Morgan fingerprint density at radius 3 is 2.06 bits per heavy atom. The molecule has 9 heteroatoms. The number of rotatable bonds is 8. The lowest BCUT2D eigenvalue weighted by atomic mass is 10.1. The molecule has 0 radical (unpaired) electrons. The summed E-state index contributed by atoms with van der Waals surface area (Å²) in [5, 5.41) is 3.00. The van der Waals surface area contributed by atoms with Crippen LogP contribution in [0.5, 0.6) is 0 Å². The largest absolute Gasteiger partial charge is 0.334 e. The molecule has 4 aromatic rings. The second kappa shape index (κ2) is 10.8. The molecule has 34 heavy (non-hydrogen) atoms. The summed E-state index contributed by atoms with van der Waals surface area (Å²) in [7, 11) is 0. The topological polar surface area (TPSA) is 59.8 Å². The minimum Gasteiger partial charge on any atom is -0.334 e. The highest BCUT2D eigenvalue weighted by Gasteiger charge is 2.16. The van der Waals surface area contributed by atoms with Crippen LogP contribution in [-0.2, 0) is 25.8 Å². The van der Waals surface area contributed by atoms with E-state index < -0.39 is 5.91 Å². The van der Waals surface area contributed by atoms with Crippen molar-refractivity contribution in [2.75, 3.05) is 5.32 Å². The van der Waals surface area contributed by atoms with Crippen LogP contribution in [0.3, 0.4) is 0 Å². The average Bonchev–Trinajstić information content (AvgIpc) is 3.23. The van der Waals surface area contributed by atoms with Gasteiger partial charge in [-0.3, -0.25) is 4.79 Å². The number of amides is 1. The highest BCUT2D eigenvalue weighted by atomic mass is 35.5. The van der Waals surface area contributed by atoms with Gasteiger partial charge in [0.05, 0.1) is 5.69 Å². The van der Waals surface area contributed by atoms with Gasteiger partial charge in [-0.25, -0.2) is 18.7 Å². The molecule has 0 aliphatic carbocycles. The van der Waals surface area contributed by atoms with Gasteiger partial charge >= 0.3 is 0 Å². The van der Waals surface area contributed by atoms with Gasteiger partial charge in [-0.2, -0.15) is 0 Å². The third kappa shape index (κ3) is 6.18. The van der Waals surface area contributed by atoms with E-state index in [-0.39, 0.29) is 27.6 Å². The van der Waals surface area contributed by atoms with Gasteiger partial charge in [0.15, 0.2) is 5.15 Å². The summed E-state index contributed by atoms with van der Waals surface area (Å²) >= 11 is 11.9. The van der Waals surface area contributed by atoms with Gasteiger partial charge in [0.1, 0.15) is 28.3 Å². The summed E-state index contributed by atoms with van der Waals surface area (Å²) in [5.41, 5.74) is 2.47. The number of benzene rings is 2. The van der Waals surface area contributed by atoms with E-state index in [0.29, 0.717) is 37.3 Å². The average molecular weight is 501 g/mol. The van der Waals surface area contributed by atoms with Crippen molar-refractivity contribution >= 4 is 34.8 Å². The van der Waals surface area contributed by atoms with Gasteiger partial charge in [-0.1, -0.05) is 47.5 Å². The van der Waals surface area contributed by atoms with Crippen LogP contribution in [0.4, 0.5) is 14.5 Å². The summed E-state index contributed by atoms with van der Waals surface area (Å²) in [5.74, 6) is -0.314. The maximum Gasteiger partial charge on any atom is 0.275 e. The number of carbonyl (C=O) groups is 1. The zero-order valence-electron chi connectivity index (χ0n) is 17.9. The number of hydrogen-bond donors (Lipinski definition) is 1. The van der Waals surface area contributed by atoms with Gasteiger partial charge in [-0.05, 0) is 60.4 Å². The lowest BCUT2D eigenvalue weighted by molar-refractivity contribution is 0.102. The number of pyridine rings is 1. The molecule has 0 saturated heterocycles. The van der Waals surface area contributed by atoms with Crippen LogP contribution in [0, 0.1) is 11.6 Å². The van der Waals surface area contributed by atoms with Crippen molar-refractivity contribution in [2.24, 2.45) is 0 Å². The third-order valence-corrected chi connectivity index (χ3v) is 5.76. The summed E-state index contributed by atoms with van der Waals surface area (Å²) in [6.07, 6.45) is 3.48. The number of aromatic nitrogens is 3. The van der Waals surface area contributed by atoms with Crippen molar-refractivity contribution in [3.05, 3.63) is 111 Å². The van der Waals surface area contributed by atoms with E-state index in [1.807, 2.05) is 4.57 Å². The smallest absolute Gasteiger partial charge is 0.275 e. The molecule has 0 aliphatic rings. The van der Waals surface area contributed by atoms with Crippen LogP contribution in [0.15, 0.2) is 66.9 Å². The fraction of sp³-hybridized carbons (Fsp3) is 0.160. The van der Waals surface area contributed by atoms with Crippen molar-refractivity contribution in [3.63, 3.8) is 0 Å². The summed E-state index contributed by atoms with van der Waals surface area (Å²) < 4.78 is 28.3. The zero-order chi connectivity index (χ0) is 24.1. The second-order valence-corrected chi connectivity index (χ2v) is 8.41. The van der Waals surface area contributed by atoms with Gasteiger partial charge < -0.3 is 9.88 Å². The van der Waals surface area contributed by atoms with Crippen LogP contribution in [0.1, 0.15) is 27.4 Å². The number of hydrogen-bond acceptors (Lipinski definition) is 3. The van der Waals surface area contributed by atoms with Crippen molar-refractivity contribution in [1.29, 1.82) is 0 Å². The maximum absolute atomic E-state index is 13.2. The van der Waals surface area contributed by atoms with Crippen LogP contribution >= 0.6 is 23.2 Å². The molecule has 0 aliphatic heterocycles. The minimum absolute atomic E-state index is 0.0770. The van der Waals surface area contributed by atoms with Crippen LogP contribution < -0.4 is 5.32 Å². The Hall–Kier alpha value is -3.29. The molecule has 2 aromatic carbocycles. The van der Waals surface area contributed by atoms with Gasteiger partial charge in [-0.15, -0.1) is 0 Å². The van der Waals surface area contributed by atoms with Crippen LogP contribution in [-0.4, -0.2) is 20.4 Å². The van der Waals surface area contributed by atoms with E-state index >= 15 is 0 Å². The number of anilines is 1. The lowest BCUT2D eigenvalue weighted by Gasteiger charge is -2.08. The first-order valence-electron chi connectivity index (χ1n) is 10.6.